The fraction of sp³-hybridized carbons (Fsp3) is 0.467. The number of anilines is 1. The normalized spacial score (nSPS) is 12.1. The SMILES string of the molecule is CC(C)CC(NC(=O)c1ccc(Br)cc1N)C(=O)N(C)C. The Kier molecular flexibility index (Phi) is 6.20. The van der Waals surface area contributed by atoms with Gasteiger partial charge in [0.05, 0.1) is 5.56 Å². The Morgan fingerprint density at radius 2 is 1.95 bits per heavy atom. The van der Waals surface area contributed by atoms with Gasteiger partial charge in [-0.25, -0.2) is 0 Å². The number of benzene rings is 1. The highest BCUT2D eigenvalue weighted by molar-refractivity contribution is 9.10. The highest BCUT2D eigenvalue weighted by Crippen LogP contribution is 2.19. The fourth-order valence-corrected chi connectivity index (χ4v) is 2.36. The van der Waals surface area contributed by atoms with Crippen molar-refractivity contribution in [1.29, 1.82) is 0 Å². The van der Waals surface area contributed by atoms with Crippen LogP contribution in [0.15, 0.2) is 22.7 Å². The number of nitrogens with one attached hydrogen (secondary N) is 1. The Hall–Kier alpha value is -1.56. The summed E-state index contributed by atoms with van der Waals surface area (Å²) >= 11 is 3.30. The molecule has 1 aromatic rings. The Balaban J connectivity index is 2.92. The van der Waals surface area contributed by atoms with Crippen LogP contribution in [0.2, 0.25) is 0 Å². The molecule has 0 bridgehead atoms. The highest BCUT2D eigenvalue weighted by atomic mass is 79.9. The molecule has 21 heavy (non-hydrogen) atoms. The van der Waals surface area contributed by atoms with E-state index in [4.69, 9.17) is 5.73 Å². The molecule has 2 amide bonds. The Labute approximate surface area is 134 Å². The molecule has 0 saturated carbocycles. The lowest BCUT2D eigenvalue weighted by molar-refractivity contribution is -0.131. The minimum Gasteiger partial charge on any atom is -0.398 e. The third-order valence-corrected chi connectivity index (χ3v) is 3.50. The Bertz CT molecular complexity index is 530. The topological polar surface area (TPSA) is 75.4 Å². The first-order valence-electron chi connectivity index (χ1n) is 6.79. The van der Waals surface area contributed by atoms with E-state index in [2.05, 4.69) is 21.2 Å². The van der Waals surface area contributed by atoms with Crippen molar-refractivity contribution < 1.29 is 9.59 Å². The van der Waals surface area contributed by atoms with E-state index in [0.29, 0.717) is 23.6 Å². The zero-order valence-corrected chi connectivity index (χ0v) is 14.4. The summed E-state index contributed by atoms with van der Waals surface area (Å²) in [4.78, 5) is 26.0. The molecule has 1 rings (SSSR count). The summed E-state index contributed by atoms with van der Waals surface area (Å²) in [7, 11) is 3.35. The van der Waals surface area contributed by atoms with Gasteiger partial charge in [0.15, 0.2) is 0 Å². The van der Waals surface area contributed by atoms with Gasteiger partial charge < -0.3 is 16.0 Å². The maximum Gasteiger partial charge on any atom is 0.254 e. The highest BCUT2D eigenvalue weighted by Gasteiger charge is 2.24. The fourth-order valence-electron chi connectivity index (χ4n) is 1.98. The number of rotatable bonds is 5. The van der Waals surface area contributed by atoms with Crippen LogP contribution in [-0.2, 0) is 4.79 Å². The molecule has 0 saturated heterocycles. The van der Waals surface area contributed by atoms with Gasteiger partial charge in [0.1, 0.15) is 6.04 Å². The third kappa shape index (κ3) is 5.04. The molecule has 0 spiro atoms. The van der Waals surface area contributed by atoms with Gasteiger partial charge in [-0.3, -0.25) is 9.59 Å². The number of hydrogen-bond donors (Lipinski definition) is 2. The number of amides is 2. The van der Waals surface area contributed by atoms with Crippen molar-refractivity contribution in [3.63, 3.8) is 0 Å². The van der Waals surface area contributed by atoms with E-state index < -0.39 is 6.04 Å². The van der Waals surface area contributed by atoms with Crippen LogP contribution >= 0.6 is 15.9 Å². The summed E-state index contributed by atoms with van der Waals surface area (Å²) in [6.07, 6.45) is 0.583. The summed E-state index contributed by atoms with van der Waals surface area (Å²) in [5, 5.41) is 2.78. The van der Waals surface area contributed by atoms with E-state index in [9.17, 15) is 9.59 Å². The lowest BCUT2D eigenvalue weighted by Gasteiger charge is -2.23. The molecule has 6 heteroatoms. The molecule has 0 aliphatic heterocycles. The molecule has 0 aliphatic carbocycles. The second kappa shape index (κ2) is 7.45. The molecule has 5 nitrogen and oxygen atoms in total. The number of likely N-dealkylation sites (N-methyl/N-ethyl adjacent to an activating group) is 1. The molecule has 0 aliphatic rings. The largest absolute Gasteiger partial charge is 0.398 e. The van der Waals surface area contributed by atoms with Crippen molar-refractivity contribution in [2.75, 3.05) is 19.8 Å². The molecule has 116 valence electrons. The lowest BCUT2D eigenvalue weighted by atomic mass is 10.0. The van der Waals surface area contributed by atoms with Gasteiger partial charge in [-0.1, -0.05) is 29.8 Å². The summed E-state index contributed by atoms with van der Waals surface area (Å²) in [5.41, 5.74) is 6.60. The van der Waals surface area contributed by atoms with Crippen LogP contribution in [0.25, 0.3) is 0 Å². The van der Waals surface area contributed by atoms with E-state index >= 15 is 0 Å². The number of halogens is 1. The predicted octanol–water partition coefficient (Wildman–Crippen LogP) is 2.26. The van der Waals surface area contributed by atoms with Crippen molar-refractivity contribution in [1.82, 2.24) is 10.2 Å². The van der Waals surface area contributed by atoms with Gasteiger partial charge in [-0.15, -0.1) is 0 Å². The monoisotopic (exact) mass is 355 g/mol. The number of hydrogen-bond acceptors (Lipinski definition) is 3. The van der Waals surface area contributed by atoms with Crippen molar-refractivity contribution in [2.45, 2.75) is 26.3 Å². The van der Waals surface area contributed by atoms with Gasteiger partial charge in [-0.05, 0) is 30.5 Å². The predicted molar refractivity (Wildman–Crippen MR) is 88.0 cm³/mol. The van der Waals surface area contributed by atoms with Crippen LogP contribution in [0.1, 0.15) is 30.6 Å². The second-order valence-corrected chi connectivity index (χ2v) is 6.54. The van der Waals surface area contributed by atoms with Crippen molar-refractivity contribution in [3.8, 4) is 0 Å². The maximum atomic E-state index is 12.3. The number of carbonyl (C=O) groups is 2. The van der Waals surface area contributed by atoms with Crippen LogP contribution in [0.4, 0.5) is 5.69 Å². The smallest absolute Gasteiger partial charge is 0.254 e. The van der Waals surface area contributed by atoms with Crippen molar-refractivity contribution in [2.24, 2.45) is 5.92 Å². The summed E-state index contributed by atoms with van der Waals surface area (Å²) < 4.78 is 0.805. The first-order chi connectivity index (χ1) is 9.72. The van der Waals surface area contributed by atoms with E-state index in [0.717, 1.165) is 4.47 Å². The van der Waals surface area contributed by atoms with Crippen molar-refractivity contribution >= 4 is 33.4 Å². The maximum absolute atomic E-state index is 12.3. The van der Waals surface area contributed by atoms with Gasteiger partial charge in [0, 0.05) is 24.3 Å². The molecule has 3 N–H and O–H groups in total. The summed E-state index contributed by atoms with van der Waals surface area (Å²) in [5.74, 6) is -0.157. The van der Waals surface area contributed by atoms with Crippen LogP contribution in [0.5, 0.6) is 0 Å². The quantitative estimate of drug-likeness (QED) is 0.795. The second-order valence-electron chi connectivity index (χ2n) is 5.62. The van der Waals surface area contributed by atoms with Gasteiger partial charge in [0.2, 0.25) is 5.91 Å². The van der Waals surface area contributed by atoms with Crippen LogP contribution in [-0.4, -0.2) is 36.9 Å². The van der Waals surface area contributed by atoms with E-state index in [1.165, 1.54) is 4.90 Å². The summed E-state index contributed by atoms with van der Waals surface area (Å²) in [6.45, 7) is 4.02. The van der Waals surface area contributed by atoms with Crippen LogP contribution in [0, 0.1) is 5.92 Å². The van der Waals surface area contributed by atoms with Gasteiger partial charge in [0.25, 0.3) is 5.91 Å². The molecule has 0 aromatic heterocycles. The molecule has 1 unspecified atom stereocenters. The molecular weight excluding hydrogens is 334 g/mol. The molecular formula is C15H22BrN3O2. The van der Waals surface area contributed by atoms with Crippen LogP contribution in [0.3, 0.4) is 0 Å². The molecule has 0 heterocycles. The number of nitrogen functional groups attached to an aromatic ring is 1. The van der Waals surface area contributed by atoms with E-state index in [-0.39, 0.29) is 11.8 Å². The molecule has 0 radical (unpaired) electrons. The number of carbonyl (C=O) groups excluding carboxylic acids is 2. The minimum atomic E-state index is -0.546. The van der Waals surface area contributed by atoms with Gasteiger partial charge >= 0.3 is 0 Å². The van der Waals surface area contributed by atoms with E-state index in [1.807, 2.05) is 13.8 Å². The first kappa shape index (κ1) is 17.5. The molecule has 1 aromatic carbocycles. The average Bonchev–Trinajstić information content (AvgIpc) is 2.36. The number of nitrogens with zero attached hydrogens (tertiary/aromatic N) is 1. The zero-order chi connectivity index (χ0) is 16.2. The standard InChI is InChI=1S/C15H22BrN3O2/c1-9(2)7-13(15(21)19(3)4)18-14(20)11-6-5-10(16)8-12(11)17/h5-6,8-9,13H,7,17H2,1-4H3,(H,18,20). The third-order valence-electron chi connectivity index (χ3n) is 3.01. The first-order valence-corrected chi connectivity index (χ1v) is 7.58. The van der Waals surface area contributed by atoms with Crippen molar-refractivity contribution in [3.05, 3.63) is 28.2 Å². The van der Waals surface area contributed by atoms with Gasteiger partial charge in [-0.2, -0.15) is 0 Å². The lowest BCUT2D eigenvalue weighted by Crippen LogP contribution is -2.47. The molecule has 0 fully saturated rings. The Morgan fingerprint density at radius 1 is 1.33 bits per heavy atom. The minimum absolute atomic E-state index is 0.118. The van der Waals surface area contributed by atoms with Crippen LogP contribution < -0.4 is 11.1 Å². The number of nitrogens with two attached hydrogens (primary N) is 1. The summed E-state index contributed by atoms with van der Waals surface area (Å²) in [6, 6.07) is 4.51. The van der Waals surface area contributed by atoms with E-state index in [1.54, 1.807) is 32.3 Å². The average molecular weight is 356 g/mol. The molecule has 1 atom stereocenters. The Morgan fingerprint density at radius 3 is 2.43 bits per heavy atom. The zero-order valence-electron chi connectivity index (χ0n) is 12.8.